The van der Waals surface area contributed by atoms with Gasteiger partial charge in [0.1, 0.15) is 5.75 Å². The minimum absolute atomic E-state index is 0.0210. The number of hydrogen-bond acceptors (Lipinski definition) is 3. The fourth-order valence-electron chi connectivity index (χ4n) is 2.28. The summed E-state index contributed by atoms with van der Waals surface area (Å²) in [5, 5.41) is 5.78. The van der Waals surface area contributed by atoms with Gasteiger partial charge in [0.2, 0.25) is 11.8 Å². The first-order chi connectivity index (χ1) is 9.69. The van der Waals surface area contributed by atoms with Crippen LogP contribution in [0.1, 0.15) is 19.3 Å². The molecule has 2 N–H and O–H groups in total. The van der Waals surface area contributed by atoms with Crippen molar-refractivity contribution in [3.63, 3.8) is 0 Å². The van der Waals surface area contributed by atoms with Crippen molar-refractivity contribution in [2.75, 3.05) is 12.4 Å². The molecule has 0 bridgehead atoms. The first-order valence-corrected chi connectivity index (χ1v) is 6.93. The summed E-state index contributed by atoms with van der Waals surface area (Å²) in [6.07, 6.45) is 2.77. The molecule has 2 aliphatic rings. The maximum Gasteiger partial charge on any atom is 0.228 e. The topological polar surface area (TPSA) is 67.4 Å². The molecule has 0 saturated heterocycles. The Labute approximate surface area is 117 Å². The molecule has 2 unspecified atom stereocenters. The van der Waals surface area contributed by atoms with Gasteiger partial charge in [0.05, 0.1) is 24.6 Å². The van der Waals surface area contributed by atoms with Crippen LogP contribution in [0.15, 0.2) is 24.3 Å². The zero-order chi connectivity index (χ0) is 14.1. The Morgan fingerprint density at radius 2 is 1.85 bits per heavy atom. The van der Waals surface area contributed by atoms with Gasteiger partial charge in [-0.3, -0.25) is 9.59 Å². The molecule has 0 spiro atoms. The average Bonchev–Trinajstić information content (AvgIpc) is 3.32. The van der Waals surface area contributed by atoms with Crippen molar-refractivity contribution in [2.45, 2.75) is 25.3 Å². The van der Waals surface area contributed by atoms with Crippen molar-refractivity contribution >= 4 is 17.5 Å². The van der Waals surface area contributed by atoms with Crippen molar-refractivity contribution in [3.05, 3.63) is 24.3 Å². The smallest absolute Gasteiger partial charge is 0.228 e. The number of hydrogen-bond donors (Lipinski definition) is 2. The number of anilines is 1. The Bertz CT molecular complexity index is 540. The summed E-state index contributed by atoms with van der Waals surface area (Å²) in [5.41, 5.74) is 0.647. The van der Waals surface area contributed by atoms with Crippen LogP contribution < -0.4 is 15.4 Å². The van der Waals surface area contributed by atoms with Crippen molar-refractivity contribution in [1.82, 2.24) is 5.32 Å². The Hall–Kier alpha value is -2.04. The van der Waals surface area contributed by atoms with E-state index in [0.717, 1.165) is 12.8 Å². The number of rotatable bonds is 5. The molecule has 1 aromatic rings. The molecule has 20 heavy (non-hydrogen) atoms. The van der Waals surface area contributed by atoms with Gasteiger partial charge in [-0.2, -0.15) is 0 Å². The van der Waals surface area contributed by atoms with E-state index >= 15 is 0 Å². The van der Waals surface area contributed by atoms with Gasteiger partial charge >= 0.3 is 0 Å². The van der Waals surface area contributed by atoms with Gasteiger partial charge < -0.3 is 15.4 Å². The van der Waals surface area contributed by atoms with Crippen molar-refractivity contribution in [3.8, 4) is 5.75 Å². The van der Waals surface area contributed by atoms with Crippen molar-refractivity contribution in [1.29, 1.82) is 0 Å². The summed E-state index contributed by atoms with van der Waals surface area (Å²) >= 11 is 0. The van der Waals surface area contributed by atoms with E-state index in [1.54, 1.807) is 19.2 Å². The largest absolute Gasteiger partial charge is 0.495 e. The van der Waals surface area contributed by atoms with Gasteiger partial charge in [-0.15, -0.1) is 0 Å². The molecule has 0 aromatic heterocycles. The van der Waals surface area contributed by atoms with E-state index in [2.05, 4.69) is 10.6 Å². The highest BCUT2D eigenvalue weighted by atomic mass is 16.5. The highest BCUT2D eigenvalue weighted by Crippen LogP contribution is 2.40. The molecule has 0 heterocycles. The molecule has 2 atom stereocenters. The maximum absolute atomic E-state index is 12.1. The van der Waals surface area contributed by atoms with Crippen LogP contribution in [-0.4, -0.2) is 25.0 Å². The third kappa shape index (κ3) is 2.76. The van der Waals surface area contributed by atoms with Crippen LogP contribution in [0.3, 0.4) is 0 Å². The molecular weight excluding hydrogens is 256 g/mol. The second kappa shape index (κ2) is 5.15. The minimum atomic E-state index is -0.210. The highest BCUT2D eigenvalue weighted by Gasteiger charge is 2.48. The molecule has 1 aromatic carbocycles. The highest BCUT2D eigenvalue weighted by molar-refractivity contribution is 6.00. The first-order valence-electron chi connectivity index (χ1n) is 6.93. The SMILES string of the molecule is COc1ccccc1NC(=O)C1CC1C(=O)NC1CC1. The normalized spacial score (nSPS) is 23.9. The molecular formula is C15H18N2O3. The fourth-order valence-corrected chi connectivity index (χ4v) is 2.28. The average molecular weight is 274 g/mol. The predicted molar refractivity (Wildman–Crippen MR) is 74.4 cm³/mol. The molecule has 3 rings (SSSR count). The van der Waals surface area contributed by atoms with Gasteiger partial charge in [-0.25, -0.2) is 0 Å². The second-order valence-corrected chi connectivity index (χ2v) is 5.42. The minimum Gasteiger partial charge on any atom is -0.495 e. The van der Waals surface area contributed by atoms with E-state index in [1.165, 1.54) is 0 Å². The van der Waals surface area contributed by atoms with E-state index in [9.17, 15) is 9.59 Å². The molecule has 2 fully saturated rings. The molecule has 2 aliphatic carbocycles. The van der Waals surface area contributed by atoms with Gasteiger partial charge in [0.25, 0.3) is 0 Å². The summed E-state index contributed by atoms with van der Waals surface area (Å²) in [4.78, 5) is 23.9. The lowest BCUT2D eigenvalue weighted by Gasteiger charge is -2.09. The second-order valence-electron chi connectivity index (χ2n) is 5.42. The number of methoxy groups -OCH3 is 1. The third-order valence-corrected chi connectivity index (χ3v) is 3.75. The van der Waals surface area contributed by atoms with E-state index in [-0.39, 0.29) is 23.7 Å². The van der Waals surface area contributed by atoms with E-state index in [0.29, 0.717) is 23.9 Å². The van der Waals surface area contributed by atoms with Crippen molar-refractivity contribution in [2.24, 2.45) is 11.8 Å². The molecule has 5 nitrogen and oxygen atoms in total. The Balaban J connectivity index is 1.56. The monoisotopic (exact) mass is 274 g/mol. The third-order valence-electron chi connectivity index (χ3n) is 3.75. The van der Waals surface area contributed by atoms with E-state index in [4.69, 9.17) is 4.74 Å². The lowest BCUT2D eigenvalue weighted by molar-refractivity contribution is -0.125. The summed E-state index contributed by atoms with van der Waals surface area (Å²) in [7, 11) is 1.56. The summed E-state index contributed by atoms with van der Waals surface area (Å²) in [5.74, 6) is 0.169. The van der Waals surface area contributed by atoms with Gasteiger partial charge in [-0.05, 0) is 31.4 Å². The molecule has 0 aliphatic heterocycles. The van der Waals surface area contributed by atoms with Gasteiger partial charge in [0.15, 0.2) is 0 Å². The van der Waals surface area contributed by atoms with Crippen LogP contribution in [0, 0.1) is 11.8 Å². The Morgan fingerprint density at radius 3 is 2.55 bits per heavy atom. The van der Waals surface area contributed by atoms with Crippen LogP contribution in [-0.2, 0) is 9.59 Å². The number of para-hydroxylation sites is 2. The summed E-state index contributed by atoms with van der Waals surface area (Å²) in [6, 6.07) is 7.61. The lowest BCUT2D eigenvalue weighted by atomic mass is 10.2. The molecule has 5 heteroatoms. The number of carbonyl (C=O) groups is 2. The molecule has 0 radical (unpaired) electrons. The van der Waals surface area contributed by atoms with Crippen LogP contribution in [0.2, 0.25) is 0 Å². The zero-order valence-electron chi connectivity index (χ0n) is 11.4. The first kappa shape index (κ1) is 13.0. The van der Waals surface area contributed by atoms with E-state index in [1.807, 2.05) is 12.1 Å². The number of ether oxygens (including phenoxy) is 1. The number of amides is 2. The predicted octanol–water partition coefficient (Wildman–Crippen LogP) is 1.55. The molecule has 2 saturated carbocycles. The van der Waals surface area contributed by atoms with Gasteiger partial charge in [0, 0.05) is 6.04 Å². The lowest BCUT2D eigenvalue weighted by Crippen LogP contribution is -2.29. The van der Waals surface area contributed by atoms with Gasteiger partial charge in [-0.1, -0.05) is 12.1 Å². The van der Waals surface area contributed by atoms with Crippen LogP contribution >= 0.6 is 0 Å². The summed E-state index contributed by atoms with van der Waals surface area (Å²) < 4.78 is 5.19. The Morgan fingerprint density at radius 1 is 1.15 bits per heavy atom. The van der Waals surface area contributed by atoms with Crippen LogP contribution in [0.25, 0.3) is 0 Å². The zero-order valence-corrected chi connectivity index (χ0v) is 11.4. The Kier molecular flexibility index (Phi) is 3.34. The summed E-state index contributed by atoms with van der Waals surface area (Å²) in [6.45, 7) is 0. The van der Waals surface area contributed by atoms with Crippen LogP contribution in [0.5, 0.6) is 5.75 Å². The fraction of sp³-hybridized carbons (Fsp3) is 0.467. The van der Waals surface area contributed by atoms with Crippen molar-refractivity contribution < 1.29 is 14.3 Å². The molecule has 2 amide bonds. The van der Waals surface area contributed by atoms with E-state index < -0.39 is 0 Å². The standard InChI is InChI=1S/C15H18N2O3/c1-20-13-5-3-2-4-12(13)17-15(19)11-8-10(11)14(18)16-9-6-7-9/h2-5,9-11H,6-8H2,1H3,(H,16,18)(H,17,19). The number of benzene rings is 1. The number of carbonyl (C=O) groups excluding carboxylic acids is 2. The quantitative estimate of drug-likeness (QED) is 0.856. The maximum atomic E-state index is 12.1. The molecule has 106 valence electrons. The van der Waals surface area contributed by atoms with Crippen LogP contribution in [0.4, 0.5) is 5.69 Å². The number of nitrogens with one attached hydrogen (secondary N) is 2.